The number of hydrogen-bond acceptors (Lipinski definition) is 6. The molecule has 1 aliphatic heterocycles. The Bertz CT molecular complexity index is 668. The smallest absolute Gasteiger partial charge is 0.242 e. The van der Waals surface area contributed by atoms with Crippen molar-refractivity contribution in [2.24, 2.45) is 0 Å². The number of carbonyl (C=O) groups is 1. The van der Waals surface area contributed by atoms with Crippen LogP contribution in [0.4, 0.5) is 5.69 Å². The molecule has 0 radical (unpaired) electrons. The van der Waals surface area contributed by atoms with E-state index in [9.17, 15) is 13.2 Å². The van der Waals surface area contributed by atoms with Gasteiger partial charge in [0.2, 0.25) is 15.9 Å². The van der Waals surface area contributed by atoms with Gasteiger partial charge in [-0.05, 0) is 24.3 Å². The van der Waals surface area contributed by atoms with Gasteiger partial charge in [-0.25, -0.2) is 12.7 Å². The molecule has 1 aliphatic rings. The summed E-state index contributed by atoms with van der Waals surface area (Å²) >= 11 is 0. The van der Waals surface area contributed by atoms with Crippen molar-refractivity contribution in [3.8, 4) is 0 Å². The highest BCUT2D eigenvalue weighted by atomic mass is 32.2. The minimum absolute atomic E-state index is 0.126. The van der Waals surface area contributed by atoms with Gasteiger partial charge in [0.15, 0.2) is 0 Å². The zero-order valence-corrected chi connectivity index (χ0v) is 15.5. The SMILES string of the molecule is CN(C)S(=O)(=O)c1ccc(NC(=O)CN2CCN(CCO)CC2)cc1. The van der Waals surface area contributed by atoms with Crippen LogP contribution in [0.25, 0.3) is 0 Å². The van der Waals surface area contributed by atoms with Gasteiger partial charge in [-0.3, -0.25) is 14.6 Å². The average Bonchev–Trinajstić information content (AvgIpc) is 2.57. The second-order valence-electron chi connectivity index (χ2n) is 6.20. The Hall–Kier alpha value is -1.52. The lowest BCUT2D eigenvalue weighted by molar-refractivity contribution is -0.117. The second-order valence-corrected chi connectivity index (χ2v) is 8.35. The van der Waals surface area contributed by atoms with Crippen LogP contribution in [0.2, 0.25) is 0 Å². The number of piperazine rings is 1. The fraction of sp³-hybridized carbons (Fsp3) is 0.562. The lowest BCUT2D eigenvalue weighted by Gasteiger charge is -2.33. The normalized spacial score (nSPS) is 17.0. The van der Waals surface area contributed by atoms with Crippen LogP contribution in [0.5, 0.6) is 0 Å². The molecule has 1 heterocycles. The molecule has 9 heteroatoms. The Morgan fingerprint density at radius 1 is 1.12 bits per heavy atom. The van der Waals surface area contributed by atoms with Crippen molar-refractivity contribution in [3.63, 3.8) is 0 Å². The molecule has 0 atom stereocenters. The van der Waals surface area contributed by atoms with Gasteiger partial charge in [-0.1, -0.05) is 0 Å². The summed E-state index contributed by atoms with van der Waals surface area (Å²) in [7, 11) is -0.510. The number of aliphatic hydroxyl groups is 1. The summed E-state index contributed by atoms with van der Waals surface area (Å²) in [5.41, 5.74) is 0.571. The summed E-state index contributed by atoms with van der Waals surface area (Å²) in [6.45, 7) is 4.36. The number of carbonyl (C=O) groups excluding carboxylic acids is 1. The van der Waals surface area contributed by atoms with Gasteiger partial charge in [0.1, 0.15) is 0 Å². The van der Waals surface area contributed by atoms with E-state index in [-0.39, 0.29) is 17.4 Å². The van der Waals surface area contributed by atoms with E-state index >= 15 is 0 Å². The number of amides is 1. The van der Waals surface area contributed by atoms with Crippen molar-refractivity contribution in [2.45, 2.75) is 4.90 Å². The van der Waals surface area contributed by atoms with E-state index in [0.717, 1.165) is 30.5 Å². The molecule has 0 bridgehead atoms. The number of hydrogen-bond donors (Lipinski definition) is 2. The first-order valence-electron chi connectivity index (χ1n) is 8.21. The number of rotatable bonds is 7. The van der Waals surface area contributed by atoms with Crippen LogP contribution in [-0.2, 0) is 14.8 Å². The van der Waals surface area contributed by atoms with Crippen LogP contribution < -0.4 is 5.32 Å². The molecule has 0 aromatic heterocycles. The molecular formula is C16H26N4O4S. The molecule has 1 fully saturated rings. The van der Waals surface area contributed by atoms with Gasteiger partial charge in [0, 0.05) is 52.5 Å². The van der Waals surface area contributed by atoms with E-state index in [2.05, 4.69) is 15.1 Å². The van der Waals surface area contributed by atoms with Gasteiger partial charge >= 0.3 is 0 Å². The van der Waals surface area contributed by atoms with Gasteiger partial charge in [-0.15, -0.1) is 0 Å². The number of β-amino-alcohol motifs (C(OH)–C–C–N with tert-alkyl or cyclic N) is 1. The fourth-order valence-corrected chi connectivity index (χ4v) is 3.54. The average molecular weight is 370 g/mol. The zero-order valence-electron chi connectivity index (χ0n) is 14.7. The van der Waals surface area contributed by atoms with Gasteiger partial charge in [-0.2, -0.15) is 0 Å². The number of aliphatic hydroxyl groups excluding tert-OH is 1. The highest BCUT2D eigenvalue weighted by Crippen LogP contribution is 2.16. The van der Waals surface area contributed by atoms with Crippen molar-refractivity contribution in [2.75, 3.05) is 65.3 Å². The predicted octanol–water partition coefficient (Wildman–Crippen LogP) is -0.515. The number of sulfonamides is 1. The highest BCUT2D eigenvalue weighted by Gasteiger charge is 2.19. The molecule has 25 heavy (non-hydrogen) atoms. The van der Waals surface area contributed by atoms with Crippen LogP contribution >= 0.6 is 0 Å². The molecule has 0 spiro atoms. The monoisotopic (exact) mass is 370 g/mol. The summed E-state index contributed by atoms with van der Waals surface area (Å²) in [5.74, 6) is -0.126. The third kappa shape index (κ3) is 5.48. The Kier molecular flexibility index (Phi) is 6.91. The van der Waals surface area contributed by atoms with Crippen LogP contribution in [-0.4, -0.2) is 93.5 Å². The van der Waals surface area contributed by atoms with Crippen molar-refractivity contribution in [1.29, 1.82) is 0 Å². The molecule has 1 aromatic rings. The van der Waals surface area contributed by atoms with Crippen molar-refractivity contribution in [1.82, 2.24) is 14.1 Å². The molecule has 140 valence electrons. The summed E-state index contributed by atoms with van der Waals surface area (Å²) < 4.78 is 25.2. The molecule has 1 aromatic carbocycles. The highest BCUT2D eigenvalue weighted by molar-refractivity contribution is 7.89. The molecular weight excluding hydrogens is 344 g/mol. The van der Waals surface area contributed by atoms with E-state index in [1.54, 1.807) is 12.1 Å². The maximum atomic E-state index is 12.1. The van der Waals surface area contributed by atoms with Crippen LogP contribution in [0.1, 0.15) is 0 Å². The maximum absolute atomic E-state index is 12.1. The number of nitrogens with one attached hydrogen (secondary N) is 1. The molecule has 2 rings (SSSR count). The van der Waals surface area contributed by atoms with E-state index in [0.29, 0.717) is 18.8 Å². The third-order valence-electron chi connectivity index (χ3n) is 4.17. The predicted molar refractivity (Wildman–Crippen MR) is 95.9 cm³/mol. The molecule has 8 nitrogen and oxygen atoms in total. The van der Waals surface area contributed by atoms with Crippen LogP contribution in [0, 0.1) is 0 Å². The fourth-order valence-electron chi connectivity index (χ4n) is 2.64. The van der Waals surface area contributed by atoms with Gasteiger partial charge in [0.05, 0.1) is 18.0 Å². The Morgan fingerprint density at radius 2 is 1.68 bits per heavy atom. The van der Waals surface area contributed by atoms with Gasteiger partial charge < -0.3 is 10.4 Å². The Balaban J connectivity index is 1.85. The number of benzene rings is 1. The molecule has 0 aliphatic carbocycles. The lowest BCUT2D eigenvalue weighted by atomic mass is 10.3. The quantitative estimate of drug-likeness (QED) is 0.671. The lowest BCUT2D eigenvalue weighted by Crippen LogP contribution is -2.49. The molecule has 0 saturated carbocycles. The summed E-state index contributed by atoms with van der Waals surface area (Å²) in [6.07, 6.45) is 0. The maximum Gasteiger partial charge on any atom is 0.242 e. The first-order chi connectivity index (χ1) is 11.8. The zero-order chi connectivity index (χ0) is 18.4. The summed E-state index contributed by atoms with van der Waals surface area (Å²) in [4.78, 5) is 16.6. The standard InChI is InChI=1S/C16H26N4O4S/c1-18(2)25(23,24)15-5-3-14(4-6-15)17-16(22)13-20-9-7-19(8-10-20)11-12-21/h3-6,21H,7-13H2,1-2H3,(H,17,22). The minimum atomic E-state index is -3.46. The number of nitrogens with zero attached hydrogens (tertiary/aromatic N) is 3. The van der Waals surface area contributed by atoms with Crippen LogP contribution in [0.3, 0.4) is 0 Å². The second kappa shape index (κ2) is 8.72. The van der Waals surface area contributed by atoms with E-state index in [1.807, 2.05) is 0 Å². The Labute approximate surface area is 149 Å². The summed E-state index contributed by atoms with van der Waals surface area (Å²) in [6, 6.07) is 6.15. The van der Waals surface area contributed by atoms with E-state index in [4.69, 9.17) is 5.11 Å². The van der Waals surface area contributed by atoms with Crippen molar-refractivity contribution >= 4 is 21.6 Å². The molecule has 0 unspecified atom stereocenters. The van der Waals surface area contributed by atoms with Crippen molar-refractivity contribution in [3.05, 3.63) is 24.3 Å². The van der Waals surface area contributed by atoms with E-state index in [1.165, 1.54) is 26.2 Å². The topological polar surface area (TPSA) is 93.2 Å². The molecule has 1 saturated heterocycles. The van der Waals surface area contributed by atoms with Crippen molar-refractivity contribution < 1.29 is 18.3 Å². The molecule has 1 amide bonds. The van der Waals surface area contributed by atoms with Gasteiger partial charge in [0.25, 0.3) is 0 Å². The first kappa shape index (κ1) is 19.8. The Morgan fingerprint density at radius 3 is 2.20 bits per heavy atom. The third-order valence-corrected chi connectivity index (χ3v) is 5.99. The number of anilines is 1. The molecule has 2 N–H and O–H groups in total. The largest absolute Gasteiger partial charge is 0.395 e. The van der Waals surface area contributed by atoms with E-state index < -0.39 is 10.0 Å². The van der Waals surface area contributed by atoms with Crippen LogP contribution in [0.15, 0.2) is 29.2 Å². The first-order valence-corrected chi connectivity index (χ1v) is 9.65. The minimum Gasteiger partial charge on any atom is -0.395 e. The summed E-state index contributed by atoms with van der Waals surface area (Å²) in [5, 5.41) is 11.7.